The molecule has 0 aliphatic carbocycles. The molecule has 0 aliphatic heterocycles. The van der Waals surface area contributed by atoms with Gasteiger partial charge in [0.1, 0.15) is 13.2 Å². The molecule has 8 heteroatoms. The number of ether oxygens (including phenoxy) is 2. The second kappa shape index (κ2) is 11.7. The summed E-state index contributed by atoms with van der Waals surface area (Å²) in [5.74, 6) is 9.22. The standard InChI is InChI=1S/C14H18N4O4.C2H6/c1-3-7-21-11-9(13(19)17-15)5-6-10(14(20)18-16)12(11)22-8-4-2;1-2/h3-6H,1-2,7-8,15-16H2,(H,17,19)(H,18,20);1-2H3. The van der Waals surface area contributed by atoms with E-state index < -0.39 is 11.8 Å². The first-order chi connectivity index (χ1) is 11.6. The lowest BCUT2D eigenvalue weighted by atomic mass is 10.1. The fourth-order valence-electron chi connectivity index (χ4n) is 1.65. The minimum Gasteiger partial charge on any atom is -0.485 e. The van der Waals surface area contributed by atoms with E-state index in [9.17, 15) is 9.59 Å². The highest BCUT2D eigenvalue weighted by Gasteiger charge is 2.23. The van der Waals surface area contributed by atoms with Crippen LogP contribution in [-0.2, 0) is 0 Å². The molecule has 6 N–H and O–H groups in total. The van der Waals surface area contributed by atoms with Gasteiger partial charge >= 0.3 is 0 Å². The Balaban J connectivity index is 0.00000254. The van der Waals surface area contributed by atoms with Crippen molar-refractivity contribution in [1.29, 1.82) is 0 Å². The highest BCUT2D eigenvalue weighted by molar-refractivity contribution is 6.02. The van der Waals surface area contributed by atoms with Gasteiger partial charge in [0, 0.05) is 0 Å². The number of nitrogens with two attached hydrogens (primary N) is 2. The quantitative estimate of drug-likeness (QED) is 0.243. The van der Waals surface area contributed by atoms with Gasteiger partial charge in [-0.15, -0.1) is 0 Å². The zero-order chi connectivity index (χ0) is 18.5. The minimum atomic E-state index is -0.595. The minimum absolute atomic E-state index is 0.0609. The molecule has 0 aliphatic rings. The number of nitrogens with one attached hydrogen (secondary N) is 2. The lowest BCUT2D eigenvalue weighted by molar-refractivity contribution is 0.0934. The molecular formula is C16H24N4O4. The van der Waals surface area contributed by atoms with Crippen molar-refractivity contribution in [2.45, 2.75) is 13.8 Å². The Morgan fingerprint density at radius 1 is 0.958 bits per heavy atom. The number of hydrogen-bond acceptors (Lipinski definition) is 6. The summed E-state index contributed by atoms with van der Waals surface area (Å²) in [5.41, 5.74) is 4.21. The van der Waals surface area contributed by atoms with Crippen molar-refractivity contribution in [3.05, 3.63) is 48.6 Å². The number of carbonyl (C=O) groups is 2. The first-order valence-corrected chi connectivity index (χ1v) is 7.26. The fraction of sp³-hybridized carbons (Fsp3) is 0.250. The molecule has 0 heterocycles. The van der Waals surface area contributed by atoms with E-state index in [2.05, 4.69) is 13.2 Å². The summed E-state index contributed by atoms with van der Waals surface area (Å²) in [6, 6.07) is 2.76. The van der Waals surface area contributed by atoms with Crippen molar-refractivity contribution < 1.29 is 19.1 Å². The lowest BCUT2D eigenvalue weighted by Crippen LogP contribution is -2.32. The van der Waals surface area contributed by atoms with E-state index in [0.29, 0.717) is 0 Å². The van der Waals surface area contributed by atoms with Gasteiger partial charge in [0.05, 0.1) is 11.1 Å². The molecule has 0 spiro atoms. The predicted octanol–water partition coefficient (Wildman–Crippen LogP) is 1.05. The number of hydrazine groups is 2. The first-order valence-electron chi connectivity index (χ1n) is 7.26. The molecule has 0 bridgehead atoms. The maximum Gasteiger partial charge on any atom is 0.269 e. The van der Waals surface area contributed by atoms with Crippen molar-refractivity contribution in [1.82, 2.24) is 10.9 Å². The maximum absolute atomic E-state index is 11.8. The number of benzene rings is 1. The molecule has 1 aromatic carbocycles. The summed E-state index contributed by atoms with van der Waals surface area (Å²) in [5, 5.41) is 0. The molecule has 0 fully saturated rings. The second-order valence-electron chi connectivity index (χ2n) is 3.97. The molecule has 1 rings (SSSR count). The van der Waals surface area contributed by atoms with Gasteiger partial charge in [-0.05, 0) is 12.1 Å². The zero-order valence-corrected chi connectivity index (χ0v) is 13.9. The predicted molar refractivity (Wildman–Crippen MR) is 92.5 cm³/mol. The first kappa shape index (κ1) is 21.2. The normalized spacial score (nSPS) is 9.00. The van der Waals surface area contributed by atoms with E-state index in [1.807, 2.05) is 24.7 Å². The van der Waals surface area contributed by atoms with Crippen LogP contribution in [-0.4, -0.2) is 25.0 Å². The van der Waals surface area contributed by atoms with Crippen molar-refractivity contribution in [2.24, 2.45) is 11.7 Å². The summed E-state index contributed by atoms with van der Waals surface area (Å²) < 4.78 is 10.9. The SMILES string of the molecule is C=CCOc1c(C(=O)NN)ccc(C(=O)NN)c1OCC=C.CC. The van der Waals surface area contributed by atoms with Crippen LogP contribution in [0.3, 0.4) is 0 Å². The Hall–Kier alpha value is -2.84. The van der Waals surface area contributed by atoms with Crippen molar-refractivity contribution in [3.8, 4) is 11.5 Å². The topological polar surface area (TPSA) is 129 Å². The molecule has 2 amide bonds. The fourth-order valence-corrected chi connectivity index (χ4v) is 1.65. The van der Waals surface area contributed by atoms with E-state index >= 15 is 0 Å². The van der Waals surface area contributed by atoms with E-state index in [-0.39, 0.29) is 35.8 Å². The van der Waals surface area contributed by atoms with Crippen LogP contribution in [0.15, 0.2) is 37.4 Å². The largest absolute Gasteiger partial charge is 0.485 e. The maximum atomic E-state index is 11.8. The molecule has 132 valence electrons. The van der Waals surface area contributed by atoms with Crippen LogP contribution in [0, 0.1) is 0 Å². The Morgan fingerprint density at radius 2 is 1.29 bits per heavy atom. The molecule has 1 aromatic rings. The summed E-state index contributed by atoms with van der Waals surface area (Å²) >= 11 is 0. The average Bonchev–Trinajstić information content (AvgIpc) is 2.64. The zero-order valence-electron chi connectivity index (χ0n) is 13.9. The number of nitrogen functional groups attached to an aromatic ring is 2. The van der Waals surface area contributed by atoms with Gasteiger partial charge in [-0.25, -0.2) is 11.7 Å². The highest BCUT2D eigenvalue weighted by Crippen LogP contribution is 2.35. The Bertz CT molecular complexity index is 537. The molecule has 0 saturated heterocycles. The van der Waals surface area contributed by atoms with Crippen LogP contribution in [0.2, 0.25) is 0 Å². The van der Waals surface area contributed by atoms with Gasteiger partial charge in [0.15, 0.2) is 11.5 Å². The molecule has 24 heavy (non-hydrogen) atoms. The summed E-state index contributed by atoms with van der Waals surface area (Å²) in [7, 11) is 0. The van der Waals surface area contributed by atoms with Crippen LogP contribution < -0.4 is 32.0 Å². The van der Waals surface area contributed by atoms with Gasteiger partial charge in [0.25, 0.3) is 11.8 Å². The molecule has 0 atom stereocenters. The molecule has 0 aromatic heterocycles. The van der Waals surface area contributed by atoms with Crippen LogP contribution in [0.1, 0.15) is 34.6 Å². The van der Waals surface area contributed by atoms with Crippen molar-refractivity contribution in [2.75, 3.05) is 13.2 Å². The Morgan fingerprint density at radius 3 is 1.54 bits per heavy atom. The molecule has 0 unspecified atom stereocenters. The average molecular weight is 336 g/mol. The van der Waals surface area contributed by atoms with E-state index in [1.165, 1.54) is 24.3 Å². The summed E-state index contributed by atoms with van der Waals surface area (Å²) in [6.07, 6.45) is 2.97. The van der Waals surface area contributed by atoms with E-state index in [4.69, 9.17) is 21.2 Å². The highest BCUT2D eigenvalue weighted by atomic mass is 16.5. The lowest BCUT2D eigenvalue weighted by Gasteiger charge is -2.17. The van der Waals surface area contributed by atoms with Crippen molar-refractivity contribution >= 4 is 11.8 Å². The van der Waals surface area contributed by atoms with Gasteiger partial charge in [-0.1, -0.05) is 39.2 Å². The second-order valence-corrected chi connectivity index (χ2v) is 3.97. The summed E-state index contributed by atoms with van der Waals surface area (Å²) in [4.78, 5) is 23.7. The Kier molecular flexibility index (Phi) is 10.3. The van der Waals surface area contributed by atoms with Gasteiger partial charge < -0.3 is 9.47 Å². The van der Waals surface area contributed by atoms with Crippen molar-refractivity contribution in [3.63, 3.8) is 0 Å². The third-order valence-electron chi connectivity index (χ3n) is 2.55. The molecular weight excluding hydrogens is 312 g/mol. The third kappa shape index (κ3) is 5.41. The number of hydrogen-bond donors (Lipinski definition) is 4. The van der Waals surface area contributed by atoms with Gasteiger partial charge in [-0.3, -0.25) is 20.4 Å². The van der Waals surface area contributed by atoms with Gasteiger partial charge in [-0.2, -0.15) is 0 Å². The van der Waals surface area contributed by atoms with E-state index in [1.54, 1.807) is 0 Å². The molecule has 8 nitrogen and oxygen atoms in total. The molecule has 0 saturated carbocycles. The van der Waals surface area contributed by atoms with E-state index in [0.717, 1.165) is 0 Å². The molecule has 0 radical (unpaired) electrons. The monoisotopic (exact) mass is 336 g/mol. The number of rotatable bonds is 8. The Labute approximate surface area is 141 Å². The third-order valence-corrected chi connectivity index (χ3v) is 2.55. The number of carbonyl (C=O) groups excluding carboxylic acids is 2. The smallest absolute Gasteiger partial charge is 0.269 e. The van der Waals surface area contributed by atoms with Crippen LogP contribution >= 0.6 is 0 Å². The van der Waals surface area contributed by atoms with Gasteiger partial charge in [0.2, 0.25) is 0 Å². The van der Waals surface area contributed by atoms with Crippen LogP contribution in [0.5, 0.6) is 11.5 Å². The number of amides is 2. The van der Waals surface area contributed by atoms with Crippen LogP contribution in [0.4, 0.5) is 0 Å². The van der Waals surface area contributed by atoms with Crippen LogP contribution in [0.25, 0.3) is 0 Å². The summed E-state index contributed by atoms with van der Waals surface area (Å²) in [6.45, 7) is 11.3.